The average molecular weight is 300 g/mol. The van der Waals surface area contributed by atoms with Crippen LogP contribution in [0.2, 0.25) is 0 Å². The molecular weight excluding hydrogens is 279 g/mol. The van der Waals surface area contributed by atoms with Crippen LogP contribution in [0.4, 0.5) is 4.39 Å². The molecule has 1 saturated carbocycles. The average Bonchev–Trinajstić information content (AvgIpc) is 3.09. The van der Waals surface area contributed by atoms with Crippen molar-refractivity contribution in [2.24, 2.45) is 7.05 Å². The van der Waals surface area contributed by atoms with Gasteiger partial charge in [0.2, 0.25) is 0 Å². The molecule has 0 aliphatic heterocycles. The Morgan fingerprint density at radius 1 is 1.14 bits per heavy atom. The van der Waals surface area contributed by atoms with Crippen molar-refractivity contribution < 1.29 is 9.18 Å². The number of rotatable bonds is 3. The molecule has 1 aliphatic rings. The van der Waals surface area contributed by atoms with Crippen LogP contribution in [0.1, 0.15) is 47.4 Å². The van der Waals surface area contributed by atoms with Crippen molar-refractivity contribution >= 4 is 5.91 Å². The SMILES string of the molecule is Cc1ccc(C(=O)NC2(c3ccc(F)cc3)CCCC2)n1C. The van der Waals surface area contributed by atoms with E-state index < -0.39 is 0 Å². The zero-order valence-electron chi connectivity index (χ0n) is 13.0. The summed E-state index contributed by atoms with van der Waals surface area (Å²) in [6.07, 6.45) is 3.94. The molecule has 22 heavy (non-hydrogen) atoms. The fourth-order valence-electron chi connectivity index (χ4n) is 3.36. The number of hydrogen-bond acceptors (Lipinski definition) is 1. The highest BCUT2D eigenvalue weighted by atomic mass is 19.1. The Morgan fingerprint density at radius 3 is 2.32 bits per heavy atom. The summed E-state index contributed by atoms with van der Waals surface area (Å²) >= 11 is 0. The summed E-state index contributed by atoms with van der Waals surface area (Å²) in [5, 5.41) is 3.22. The molecule has 0 radical (unpaired) electrons. The quantitative estimate of drug-likeness (QED) is 0.922. The monoisotopic (exact) mass is 300 g/mol. The predicted octanol–water partition coefficient (Wildman–Crippen LogP) is 3.67. The number of carbonyl (C=O) groups is 1. The number of aromatic nitrogens is 1. The Kier molecular flexibility index (Phi) is 3.77. The first-order valence-electron chi connectivity index (χ1n) is 7.73. The summed E-state index contributed by atoms with van der Waals surface area (Å²) in [7, 11) is 1.89. The third kappa shape index (κ3) is 2.54. The standard InChI is InChI=1S/C18H21FN2O/c1-13-5-10-16(21(13)2)17(22)20-18(11-3-4-12-18)14-6-8-15(19)9-7-14/h5-10H,3-4,11-12H2,1-2H3,(H,20,22). The van der Waals surface area contributed by atoms with Crippen molar-refractivity contribution in [2.75, 3.05) is 0 Å². The van der Waals surface area contributed by atoms with Gasteiger partial charge in [0.1, 0.15) is 11.5 Å². The Balaban J connectivity index is 1.90. The minimum atomic E-state index is -0.372. The van der Waals surface area contributed by atoms with E-state index in [0.29, 0.717) is 5.69 Å². The zero-order valence-corrected chi connectivity index (χ0v) is 13.0. The number of hydrogen-bond donors (Lipinski definition) is 1. The third-order valence-electron chi connectivity index (χ3n) is 4.81. The molecule has 0 spiro atoms. The highest BCUT2D eigenvalue weighted by Gasteiger charge is 2.37. The summed E-state index contributed by atoms with van der Waals surface area (Å²) in [6.45, 7) is 1.97. The minimum absolute atomic E-state index is 0.0678. The lowest BCUT2D eigenvalue weighted by Gasteiger charge is -2.31. The molecule has 0 saturated heterocycles. The van der Waals surface area contributed by atoms with E-state index in [4.69, 9.17) is 0 Å². The fraction of sp³-hybridized carbons (Fsp3) is 0.389. The van der Waals surface area contributed by atoms with E-state index in [1.54, 1.807) is 12.1 Å². The minimum Gasteiger partial charge on any atom is -0.344 e. The maximum Gasteiger partial charge on any atom is 0.268 e. The first kappa shape index (κ1) is 14.8. The van der Waals surface area contributed by atoms with E-state index in [1.165, 1.54) is 12.1 Å². The number of nitrogens with one attached hydrogen (secondary N) is 1. The van der Waals surface area contributed by atoms with Crippen LogP contribution in [0.5, 0.6) is 0 Å². The van der Waals surface area contributed by atoms with Crippen molar-refractivity contribution in [1.82, 2.24) is 9.88 Å². The molecule has 1 heterocycles. The van der Waals surface area contributed by atoms with Gasteiger partial charge < -0.3 is 9.88 Å². The number of amides is 1. The van der Waals surface area contributed by atoms with Crippen molar-refractivity contribution in [3.8, 4) is 0 Å². The predicted molar refractivity (Wildman–Crippen MR) is 84.2 cm³/mol. The normalized spacial score (nSPS) is 16.7. The fourth-order valence-corrected chi connectivity index (χ4v) is 3.36. The Morgan fingerprint density at radius 2 is 1.77 bits per heavy atom. The van der Waals surface area contributed by atoms with Crippen molar-refractivity contribution in [3.63, 3.8) is 0 Å². The molecule has 3 nitrogen and oxygen atoms in total. The van der Waals surface area contributed by atoms with Crippen LogP contribution in [-0.2, 0) is 12.6 Å². The molecule has 1 aromatic heterocycles. The Bertz CT molecular complexity index is 682. The van der Waals surface area contributed by atoms with Crippen LogP contribution in [-0.4, -0.2) is 10.5 Å². The Labute approximate surface area is 130 Å². The first-order chi connectivity index (χ1) is 10.5. The van der Waals surface area contributed by atoms with Crippen LogP contribution in [0.3, 0.4) is 0 Å². The van der Waals surface area contributed by atoms with Crippen LogP contribution in [0.15, 0.2) is 36.4 Å². The van der Waals surface area contributed by atoms with Gasteiger partial charge in [-0.3, -0.25) is 4.79 Å². The summed E-state index contributed by atoms with van der Waals surface area (Å²) in [4.78, 5) is 12.7. The van der Waals surface area contributed by atoms with E-state index in [0.717, 1.165) is 36.9 Å². The number of benzene rings is 1. The van der Waals surface area contributed by atoms with E-state index in [-0.39, 0.29) is 17.3 Å². The lowest BCUT2D eigenvalue weighted by molar-refractivity contribution is 0.0889. The highest BCUT2D eigenvalue weighted by Crippen LogP contribution is 2.39. The molecule has 3 rings (SSSR count). The summed E-state index contributed by atoms with van der Waals surface area (Å²) < 4.78 is 15.1. The van der Waals surface area contributed by atoms with Gasteiger partial charge in [-0.1, -0.05) is 25.0 Å². The number of carbonyl (C=O) groups excluding carboxylic acids is 1. The van der Waals surface area contributed by atoms with Crippen LogP contribution in [0, 0.1) is 12.7 Å². The smallest absolute Gasteiger partial charge is 0.268 e. The molecule has 0 bridgehead atoms. The largest absolute Gasteiger partial charge is 0.344 e. The summed E-state index contributed by atoms with van der Waals surface area (Å²) in [5.74, 6) is -0.317. The van der Waals surface area contributed by atoms with E-state index in [2.05, 4.69) is 5.32 Å². The van der Waals surface area contributed by atoms with Crippen molar-refractivity contribution in [2.45, 2.75) is 38.1 Å². The van der Waals surface area contributed by atoms with Crippen molar-refractivity contribution in [3.05, 3.63) is 59.2 Å². The molecule has 1 aromatic carbocycles. The van der Waals surface area contributed by atoms with E-state index >= 15 is 0 Å². The molecule has 1 fully saturated rings. The number of halogens is 1. The van der Waals surface area contributed by atoms with E-state index in [1.807, 2.05) is 30.7 Å². The molecule has 1 amide bonds. The molecule has 1 aliphatic carbocycles. The topological polar surface area (TPSA) is 34.0 Å². The third-order valence-corrected chi connectivity index (χ3v) is 4.81. The van der Waals surface area contributed by atoms with Gasteiger partial charge in [0.25, 0.3) is 5.91 Å². The lowest BCUT2D eigenvalue weighted by Crippen LogP contribution is -2.44. The molecular formula is C18H21FN2O. The van der Waals surface area contributed by atoms with Gasteiger partial charge in [-0.15, -0.1) is 0 Å². The van der Waals surface area contributed by atoms with Gasteiger partial charge in [0.05, 0.1) is 5.54 Å². The van der Waals surface area contributed by atoms with Crippen LogP contribution < -0.4 is 5.32 Å². The Hall–Kier alpha value is -2.10. The van der Waals surface area contributed by atoms with Crippen molar-refractivity contribution in [1.29, 1.82) is 0 Å². The van der Waals surface area contributed by atoms with Gasteiger partial charge in [-0.05, 0) is 49.6 Å². The maximum atomic E-state index is 13.2. The molecule has 0 unspecified atom stereocenters. The van der Waals surface area contributed by atoms with Gasteiger partial charge in [-0.2, -0.15) is 0 Å². The van der Waals surface area contributed by atoms with Crippen LogP contribution in [0.25, 0.3) is 0 Å². The molecule has 0 atom stereocenters. The second-order valence-electron chi connectivity index (χ2n) is 6.17. The lowest BCUT2D eigenvalue weighted by atomic mass is 9.88. The molecule has 1 N–H and O–H groups in total. The first-order valence-corrected chi connectivity index (χ1v) is 7.73. The number of nitrogens with zero attached hydrogens (tertiary/aromatic N) is 1. The second-order valence-corrected chi connectivity index (χ2v) is 6.17. The van der Waals surface area contributed by atoms with Gasteiger partial charge >= 0.3 is 0 Å². The van der Waals surface area contributed by atoms with Gasteiger partial charge in [0.15, 0.2) is 0 Å². The molecule has 4 heteroatoms. The second kappa shape index (κ2) is 5.59. The van der Waals surface area contributed by atoms with Crippen LogP contribution >= 0.6 is 0 Å². The molecule has 116 valence electrons. The summed E-state index contributed by atoms with van der Waals surface area (Å²) in [5.41, 5.74) is 2.33. The highest BCUT2D eigenvalue weighted by molar-refractivity contribution is 5.93. The van der Waals surface area contributed by atoms with E-state index in [9.17, 15) is 9.18 Å². The maximum absolute atomic E-state index is 13.2. The molecule has 2 aromatic rings. The zero-order chi connectivity index (χ0) is 15.7. The summed E-state index contributed by atoms with van der Waals surface area (Å²) in [6, 6.07) is 10.3. The van der Waals surface area contributed by atoms with Gasteiger partial charge in [-0.25, -0.2) is 4.39 Å². The van der Waals surface area contributed by atoms with Gasteiger partial charge in [0, 0.05) is 12.7 Å². The number of aryl methyl sites for hydroxylation is 1.